The normalized spacial score (nSPS) is 13.9. The fraction of sp³-hybridized carbons (Fsp3) is 0.100. The zero-order valence-corrected chi connectivity index (χ0v) is 7.91. The number of carboxylic acids is 1. The molecule has 2 rings (SSSR count). The summed E-state index contributed by atoms with van der Waals surface area (Å²) >= 11 is 5.77. The van der Waals surface area contributed by atoms with Gasteiger partial charge in [0.1, 0.15) is 12.4 Å². The van der Waals surface area contributed by atoms with E-state index < -0.39 is 5.97 Å². The van der Waals surface area contributed by atoms with Gasteiger partial charge < -0.3 is 9.84 Å². The van der Waals surface area contributed by atoms with E-state index in [4.69, 9.17) is 21.4 Å². The molecule has 1 aromatic carbocycles. The largest absolute Gasteiger partial charge is 0.489 e. The molecule has 0 atom stereocenters. The van der Waals surface area contributed by atoms with Crippen LogP contribution in [0.15, 0.2) is 24.3 Å². The van der Waals surface area contributed by atoms with Crippen LogP contribution in [-0.4, -0.2) is 17.7 Å². The molecule has 14 heavy (non-hydrogen) atoms. The molecule has 1 heterocycles. The lowest BCUT2D eigenvalue weighted by Crippen LogP contribution is -2.10. The van der Waals surface area contributed by atoms with Gasteiger partial charge in [-0.2, -0.15) is 0 Å². The average Bonchev–Trinajstić information content (AvgIpc) is 2.16. The minimum absolute atomic E-state index is 0.244. The molecule has 0 radical (unpaired) electrons. The van der Waals surface area contributed by atoms with Crippen molar-refractivity contribution in [1.29, 1.82) is 0 Å². The molecule has 0 saturated heterocycles. The summed E-state index contributed by atoms with van der Waals surface area (Å²) in [5.74, 6) is -0.397. The van der Waals surface area contributed by atoms with Gasteiger partial charge >= 0.3 is 5.97 Å². The molecule has 3 nitrogen and oxygen atoms in total. The van der Waals surface area contributed by atoms with Crippen LogP contribution in [0.25, 0.3) is 5.57 Å². The van der Waals surface area contributed by atoms with E-state index in [2.05, 4.69) is 0 Å². The Labute approximate surface area is 85.6 Å². The van der Waals surface area contributed by atoms with Gasteiger partial charge in [0.15, 0.2) is 0 Å². The van der Waals surface area contributed by atoms with Crippen molar-refractivity contribution in [2.24, 2.45) is 0 Å². The van der Waals surface area contributed by atoms with Crippen molar-refractivity contribution in [2.45, 2.75) is 0 Å². The Kier molecular flexibility index (Phi) is 2.17. The second kappa shape index (κ2) is 3.35. The third-order valence-corrected chi connectivity index (χ3v) is 2.22. The molecular formula is C10H7ClO3. The van der Waals surface area contributed by atoms with Gasteiger partial charge in [-0.15, -0.1) is 0 Å². The minimum Gasteiger partial charge on any atom is -0.489 e. The highest BCUT2D eigenvalue weighted by Crippen LogP contribution is 2.32. The van der Waals surface area contributed by atoms with E-state index in [1.807, 2.05) is 0 Å². The SMILES string of the molecule is O=C(O)C1=CCOc2ccc(Cl)cc21. The molecule has 0 unspecified atom stereocenters. The first kappa shape index (κ1) is 9.09. The smallest absolute Gasteiger partial charge is 0.336 e. The summed E-state index contributed by atoms with van der Waals surface area (Å²) in [5.41, 5.74) is 0.782. The fourth-order valence-corrected chi connectivity index (χ4v) is 1.54. The van der Waals surface area contributed by atoms with Crippen molar-refractivity contribution >= 4 is 23.1 Å². The van der Waals surface area contributed by atoms with Gasteiger partial charge in [-0.05, 0) is 24.3 Å². The molecule has 1 aromatic rings. The summed E-state index contributed by atoms with van der Waals surface area (Å²) in [5, 5.41) is 9.41. The van der Waals surface area contributed by atoms with Crippen molar-refractivity contribution in [3.63, 3.8) is 0 Å². The van der Waals surface area contributed by atoms with Crippen LogP contribution in [0.5, 0.6) is 5.75 Å². The van der Waals surface area contributed by atoms with Crippen LogP contribution in [0.3, 0.4) is 0 Å². The van der Waals surface area contributed by atoms with E-state index in [0.717, 1.165) is 0 Å². The summed E-state index contributed by atoms with van der Waals surface area (Å²) < 4.78 is 5.26. The van der Waals surface area contributed by atoms with Gasteiger partial charge in [0.2, 0.25) is 0 Å². The standard InChI is InChI=1S/C10H7ClO3/c11-6-1-2-9-8(5-6)7(10(12)13)3-4-14-9/h1-3,5H,4H2,(H,12,13). The molecule has 72 valence electrons. The zero-order valence-electron chi connectivity index (χ0n) is 7.16. The van der Waals surface area contributed by atoms with Crippen LogP contribution in [-0.2, 0) is 4.79 Å². The highest BCUT2D eigenvalue weighted by Gasteiger charge is 2.19. The molecule has 0 aliphatic carbocycles. The maximum Gasteiger partial charge on any atom is 0.336 e. The molecule has 0 bridgehead atoms. The van der Waals surface area contributed by atoms with Crippen molar-refractivity contribution in [3.05, 3.63) is 34.9 Å². The Morgan fingerprint density at radius 1 is 1.50 bits per heavy atom. The van der Waals surface area contributed by atoms with E-state index in [1.54, 1.807) is 18.2 Å². The molecular weight excluding hydrogens is 204 g/mol. The van der Waals surface area contributed by atoms with Gasteiger partial charge in [0.05, 0.1) is 5.57 Å². The van der Waals surface area contributed by atoms with Crippen molar-refractivity contribution in [2.75, 3.05) is 6.61 Å². The van der Waals surface area contributed by atoms with Crippen molar-refractivity contribution < 1.29 is 14.6 Å². The van der Waals surface area contributed by atoms with Crippen LogP contribution < -0.4 is 4.74 Å². The third-order valence-electron chi connectivity index (χ3n) is 1.99. The summed E-state index contributed by atoms with van der Waals surface area (Å²) in [6.07, 6.45) is 1.53. The van der Waals surface area contributed by atoms with Crippen LogP contribution >= 0.6 is 11.6 Å². The Hall–Kier alpha value is -1.48. The lowest BCUT2D eigenvalue weighted by atomic mass is 10.0. The predicted octanol–water partition coefficient (Wildman–Crippen LogP) is 2.20. The number of halogens is 1. The fourth-order valence-electron chi connectivity index (χ4n) is 1.37. The summed E-state index contributed by atoms with van der Waals surface area (Å²) in [6, 6.07) is 4.94. The maximum atomic E-state index is 10.9. The first-order chi connectivity index (χ1) is 6.68. The molecule has 0 amide bonds. The zero-order chi connectivity index (χ0) is 10.1. The molecule has 0 fully saturated rings. The number of hydrogen-bond acceptors (Lipinski definition) is 2. The first-order valence-electron chi connectivity index (χ1n) is 4.04. The highest BCUT2D eigenvalue weighted by molar-refractivity contribution is 6.31. The lowest BCUT2D eigenvalue weighted by molar-refractivity contribution is -0.130. The average molecular weight is 211 g/mol. The van der Waals surface area contributed by atoms with Gasteiger partial charge in [-0.1, -0.05) is 11.6 Å². The molecule has 1 aliphatic rings. The number of hydrogen-bond donors (Lipinski definition) is 1. The number of rotatable bonds is 1. The quantitative estimate of drug-likeness (QED) is 0.773. The maximum absolute atomic E-state index is 10.9. The molecule has 0 spiro atoms. The Morgan fingerprint density at radius 2 is 2.29 bits per heavy atom. The molecule has 0 aromatic heterocycles. The summed E-state index contributed by atoms with van der Waals surface area (Å²) in [4.78, 5) is 10.9. The number of carboxylic acid groups (broad SMARTS) is 1. The predicted molar refractivity (Wildman–Crippen MR) is 52.6 cm³/mol. The summed E-state index contributed by atoms with van der Waals surface area (Å²) in [6.45, 7) is 0.288. The lowest BCUT2D eigenvalue weighted by Gasteiger charge is -2.16. The van der Waals surface area contributed by atoms with Gasteiger partial charge in [0.25, 0.3) is 0 Å². The molecule has 0 saturated carbocycles. The number of aliphatic carboxylic acids is 1. The topological polar surface area (TPSA) is 46.5 Å². The van der Waals surface area contributed by atoms with Crippen molar-refractivity contribution in [1.82, 2.24) is 0 Å². The van der Waals surface area contributed by atoms with Crippen LogP contribution in [0.1, 0.15) is 5.56 Å². The van der Waals surface area contributed by atoms with Crippen LogP contribution in [0, 0.1) is 0 Å². The second-order valence-electron chi connectivity index (χ2n) is 2.87. The molecule has 1 aliphatic heterocycles. The van der Waals surface area contributed by atoms with E-state index in [-0.39, 0.29) is 12.2 Å². The van der Waals surface area contributed by atoms with E-state index >= 15 is 0 Å². The number of benzene rings is 1. The van der Waals surface area contributed by atoms with Gasteiger partial charge in [-0.3, -0.25) is 0 Å². The Bertz CT molecular complexity index is 423. The first-order valence-corrected chi connectivity index (χ1v) is 4.42. The number of ether oxygens (including phenoxy) is 1. The van der Waals surface area contributed by atoms with Crippen molar-refractivity contribution in [3.8, 4) is 5.75 Å². The minimum atomic E-state index is -0.961. The molecule has 1 N–H and O–H groups in total. The number of fused-ring (bicyclic) bond motifs is 1. The summed E-state index contributed by atoms with van der Waals surface area (Å²) in [7, 11) is 0. The van der Waals surface area contributed by atoms with E-state index in [1.165, 1.54) is 6.08 Å². The monoisotopic (exact) mass is 210 g/mol. The third kappa shape index (κ3) is 1.46. The van der Waals surface area contributed by atoms with E-state index in [9.17, 15) is 4.79 Å². The van der Waals surface area contributed by atoms with Crippen LogP contribution in [0.2, 0.25) is 5.02 Å². The Morgan fingerprint density at radius 3 is 3.00 bits per heavy atom. The second-order valence-corrected chi connectivity index (χ2v) is 3.31. The van der Waals surface area contributed by atoms with Gasteiger partial charge in [-0.25, -0.2) is 4.79 Å². The van der Waals surface area contributed by atoms with Gasteiger partial charge in [0, 0.05) is 10.6 Å². The number of carbonyl (C=O) groups is 1. The molecule has 4 heteroatoms. The Balaban J connectivity index is 2.56. The highest BCUT2D eigenvalue weighted by atomic mass is 35.5. The van der Waals surface area contributed by atoms with E-state index in [0.29, 0.717) is 16.3 Å². The van der Waals surface area contributed by atoms with Crippen LogP contribution in [0.4, 0.5) is 0 Å².